The molecule has 1 fully saturated rings. The molecule has 2 heterocycles. The van der Waals surface area contributed by atoms with Crippen LogP contribution < -0.4 is 5.73 Å². The molecule has 2 N–H and O–H groups in total. The van der Waals surface area contributed by atoms with Gasteiger partial charge in [-0.05, 0) is 24.7 Å². The molecule has 0 spiro atoms. The summed E-state index contributed by atoms with van der Waals surface area (Å²) in [6.45, 7) is 6.85. The maximum Gasteiger partial charge on any atom is 0.244 e. The van der Waals surface area contributed by atoms with E-state index in [1.54, 1.807) is 10.9 Å². The van der Waals surface area contributed by atoms with Crippen LogP contribution in [0.25, 0.3) is 0 Å². The first-order valence-corrected chi connectivity index (χ1v) is 6.97. The van der Waals surface area contributed by atoms with E-state index < -0.39 is 0 Å². The summed E-state index contributed by atoms with van der Waals surface area (Å²) in [5.41, 5.74) is 6.18. The van der Waals surface area contributed by atoms with Gasteiger partial charge < -0.3 is 10.6 Å². The number of nitrogens with zero attached hydrogens (tertiary/aromatic N) is 4. The summed E-state index contributed by atoms with van der Waals surface area (Å²) in [5.74, 6) is 1.58. The second-order valence-corrected chi connectivity index (χ2v) is 5.57. The van der Waals surface area contributed by atoms with E-state index >= 15 is 0 Å². The van der Waals surface area contributed by atoms with Crippen LogP contribution in [-0.2, 0) is 17.9 Å². The van der Waals surface area contributed by atoms with Crippen LogP contribution in [0.3, 0.4) is 0 Å². The number of aromatic nitrogens is 3. The van der Waals surface area contributed by atoms with E-state index in [-0.39, 0.29) is 12.5 Å². The van der Waals surface area contributed by atoms with Crippen molar-refractivity contribution in [2.24, 2.45) is 17.6 Å². The lowest BCUT2D eigenvalue weighted by Crippen LogP contribution is -2.41. The van der Waals surface area contributed by atoms with Crippen LogP contribution in [0.2, 0.25) is 0 Å². The summed E-state index contributed by atoms with van der Waals surface area (Å²) < 4.78 is 1.57. The SMILES string of the molecule is CC(C)C1CCN(C(=O)Cn2cc(CN)nn2)CC1. The third-order valence-electron chi connectivity index (χ3n) is 3.93. The largest absolute Gasteiger partial charge is 0.341 e. The summed E-state index contributed by atoms with van der Waals surface area (Å²) in [5, 5.41) is 7.79. The normalized spacial score (nSPS) is 17.2. The number of likely N-dealkylation sites (tertiary alicyclic amines) is 1. The average molecular weight is 265 g/mol. The van der Waals surface area contributed by atoms with Gasteiger partial charge in [0, 0.05) is 19.6 Å². The molecule has 1 saturated heterocycles. The van der Waals surface area contributed by atoms with Crippen molar-refractivity contribution in [3.8, 4) is 0 Å². The second kappa shape index (κ2) is 6.14. The lowest BCUT2D eigenvalue weighted by Gasteiger charge is -2.33. The third-order valence-corrected chi connectivity index (χ3v) is 3.93. The van der Waals surface area contributed by atoms with Crippen molar-refractivity contribution in [2.75, 3.05) is 13.1 Å². The van der Waals surface area contributed by atoms with Crippen molar-refractivity contribution < 1.29 is 4.79 Å². The van der Waals surface area contributed by atoms with E-state index in [1.807, 2.05) is 4.90 Å². The molecule has 0 radical (unpaired) electrons. The molecular formula is C13H23N5O. The Morgan fingerprint density at radius 2 is 2.16 bits per heavy atom. The molecule has 0 aliphatic carbocycles. The van der Waals surface area contributed by atoms with Gasteiger partial charge in [0.2, 0.25) is 5.91 Å². The maximum absolute atomic E-state index is 12.1. The van der Waals surface area contributed by atoms with Gasteiger partial charge in [-0.25, -0.2) is 4.68 Å². The van der Waals surface area contributed by atoms with Crippen LogP contribution >= 0.6 is 0 Å². The fourth-order valence-electron chi connectivity index (χ4n) is 2.56. The summed E-state index contributed by atoms with van der Waals surface area (Å²) in [7, 11) is 0. The number of amides is 1. The minimum absolute atomic E-state index is 0.121. The maximum atomic E-state index is 12.1. The van der Waals surface area contributed by atoms with Gasteiger partial charge in [0.25, 0.3) is 0 Å². The minimum Gasteiger partial charge on any atom is -0.341 e. The van der Waals surface area contributed by atoms with Gasteiger partial charge in [0.15, 0.2) is 0 Å². The number of piperidine rings is 1. The first kappa shape index (κ1) is 14.0. The average Bonchev–Trinajstić information content (AvgIpc) is 2.86. The molecule has 2 rings (SSSR count). The van der Waals surface area contributed by atoms with Crippen molar-refractivity contribution in [2.45, 2.75) is 39.8 Å². The van der Waals surface area contributed by atoms with Gasteiger partial charge in [-0.15, -0.1) is 5.10 Å². The first-order chi connectivity index (χ1) is 9.10. The summed E-state index contributed by atoms with van der Waals surface area (Å²) >= 11 is 0. The zero-order valence-corrected chi connectivity index (χ0v) is 11.7. The molecule has 6 heteroatoms. The van der Waals surface area contributed by atoms with E-state index in [0.717, 1.165) is 31.8 Å². The predicted octanol–water partition coefficient (Wildman–Crippen LogP) is 0.631. The quantitative estimate of drug-likeness (QED) is 0.866. The molecule has 6 nitrogen and oxygen atoms in total. The predicted molar refractivity (Wildman–Crippen MR) is 72.1 cm³/mol. The Hall–Kier alpha value is -1.43. The van der Waals surface area contributed by atoms with Gasteiger partial charge in [0.1, 0.15) is 6.54 Å². The van der Waals surface area contributed by atoms with E-state index in [1.165, 1.54) is 0 Å². The molecule has 1 aromatic rings. The topological polar surface area (TPSA) is 77.0 Å². The molecule has 0 atom stereocenters. The van der Waals surface area contributed by atoms with Crippen LogP contribution in [0, 0.1) is 11.8 Å². The summed E-state index contributed by atoms with van der Waals surface area (Å²) in [4.78, 5) is 14.1. The van der Waals surface area contributed by atoms with E-state index in [4.69, 9.17) is 5.73 Å². The van der Waals surface area contributed by atoms with E-state index in [0.29, 0.717) is 18.2 Å². The molecule has 0 saturated carbocycles. The monoisotopic (exact) mass is 265 g/mol. The smallest absolute Gasteiger partial charge is 0.244 e. The fourth-order valence-corrected chi connectivity index (χ4v) is 2.56. The molecule has 19 heavy (non-hydrogen) atoms. The Morgan fingerprint density at radius 1 is 1.47 bits per heavy atom. The Bertz CT molecular complexity index is 420. The van der Waals surface area contributed by atoms with Gasteiger partial charge >= 0.3 is 0 Å². The summed E-state index contributed by atoms with van der Waals surface area (Å²) in [6, 6.07) is 0. The van der Waals surface area contributed by atoms with Crippen molar-refractivity contribution in [3.63, 3.8) is 0 Å². The molecule has 1 aliphatic rings. The summed E-state index contributed by atoms with van der Waals surface area (Å²) in [6.07, 6.45) is 3.95. The van der Waals surface area contributed by atoms with Crippen LogP contribution in [0.1, 0.15) is 32.4 Å². The standard InChI is InChI=1S/C13H23N5O/c1-10(2)11-3-5-17(6-4-11)13(19)9-18-8-12(7-14)15-16-18/h8,10-11H,3-7,9,14H2,1-2H3. The second-order valence-electron chi connectivity index (χ2n) is 5.57. The van der Waals surface area contributed by atoms with Crippen LogP contribution in [0.15, 0.2) is 6.20 Å². The van der Waals surface area contributed by atoms with Crippen molar-refractivity contribution in [3.05, 3.63) is 11.9 Å². The number of hydrogen-bond donors (Lipinski definition) is 1. The Morgan fingerprint density at radius 3 is 2.68 bits per heavy atom. The van der Waals surface area contributed by atoms with Gasteiger partial charge in [0.05, 0.1) is 11.9 Å². The van der Waals surface area contributed by atoms with Crippen LogP contribution in [0.5, 0.6) is 0 Å². The number of hydrogen-bond acceptors (Lipinski definition) is 4. The van der Waals surface area contributed by atoms with E-state index in [2.05, 4.69) is 24.2 Å². The first-order valence-electron chi connectivity index (χ1n) is 6.97. The van der Waals surface area contributed by atoms with Crippen LogP contribution in [0.4, 0.5) is 0 Å². The number of carbonyl (C=O) groups excluding carboxylic acids is 1. The van der Waals surface area contributed by atoms with Crippen molar-refractivity contribution in [1.29, 1.82) is 0 Å². The lowest BCUT2D eigenvalue weighted by molar-refractivity contribution is -0.133. The highest BCUT2D eigenvalue weighted by Gasteiger charge is 2.24. The third kappa shape index (κ3) is 3.53. The van der Waals surface area contributed by atoms with Crippen molar-refractivity contribution >= 4 is 5.91 Å². The molecule has 0 unspecified atom stereocenters. The number of carbonyl (C=O) groups is 1. The zero-order chi connectivity index (χ0) is 13.8. The molecule has 1 amide bonds. The molecule has 0 bridgehead atoms. The van der Waals surface area contributed by atoms with E-state index in [9.17, 15) is 4.79 Å². The number of nitrogens with two attached hydrogens (primary N) is 1. The van der Waals surface area contributed by atoms with Crippen molar-refractivity contribution in [1.82, 2.24) is 19.9 Å². The fraction of sp³-hybridized carbons (Fsp3) is 0.769. The minimum atomic E-state index is 0.121. The molecule has 1 aromatic heterocycles. The Labute approximate surface area is 113 Å². The molecule has 106 valence electrons. The van der Waals surface area contributed by atoms with Gasteiger partial charge in [-0.3, -0.25) is 4.79 Å². The highest BCUT2D eigenvalue weighted by molar-refractivity contribution is 5.75. The Balaban J connectivity index is 1.84. The van der Waals surface area contributed by atoms with Crippen LogP contribution in [-0.4, -0.2) is 38.9 Å². The molecule has 0 aromatic carbocycles. The molecular weight excluding hydrogens is 242 g/mol. The number of rotatable bonds is 4. The molecule has 1 aliphatic heterocycles. The van der Waals surface area contributed by atoms with Gasteiger partial charge in [-0.2, -0.15) is 0 Å². The zero-order valence-electron chi connectivity index (χ0n) is 11.7. The lowest BCUT2D eigenvalue weighted by atomic mass is 9.87. The Kier molecular flexibility index (Phi) is 4.52. The van der Waals surface area contributed by atoms with Gasteiger partial charge in [-0.1, -0.05) is 19.1 Å². The highest BCUT2D eigenvalue weighted by Crippen LogP contribution is 2.24. The highest BCUT2D eigenvalue weighted by atomic mass is 16.2.